The molecule has 264 valence electrons. The van der Waals surface area contributed by atoms with Crippen molar-refractivity contribution in [3.05, 3.63) is 88.0 Å². The second-order valence-electron chi connectivity index (χ2n) is 13.8. The number of imidazole rings is 1. The Kier molecular flexibility index (Phi) is 8.24. The molecule has 5 aromatic rings. The molecular weight excluding hydrogens is 658 g/mol. The summed E-state index contributed by atoms with van der Waals surface area (Å²) in [5.41, 5.74) is 3.90. The van der Waals surface area contributed by atoms with Crippen LogP contribution >= 0.6 is 0 Å². The van der Waals surface area contributed by atoms with Crippen molar-refractivity contribution in [1.29, 1.82) is 0 Å². The molecule has 0 radical (unpaired) electrons. The minimum atomic E-state index is -0.830. The molecule has 2 aliphatic heterocycles. The zero-order chi connectivity index (χ0) is 35.6. The van der Waals surface area contributed by atoms with Crippen molar-refractivity contribution in [3.63, 3.8) is 0 Å². The molecule has 2 saturated heterocycles. The van der Waals surface area contributed by atoms with Crippen LogP contribution in [0.1, 0.15) is 47.8 Å². The van der Waals surface area contributed by atoms with Crippen molar-refractivity contribution in [2.45, 2.75) is 44.2 Å². The summed E-state index contributed by atoms with van der Waals surface area (Å²) in [5, 5.41) is 2.59. The van der Waals surface area contributed by atoms with E-state index < -0.39 is 29.3 Å². The third kappa shape index (κ3) is 5.88. The maximum Gasteiger partial charge on any atom is 0.329 e. The first-order valence-electron chi connectivity index (χ1n) is 17.4. The lowest BCUT2D eigenvalue weighted by Gasteiger charge is -2.36. The van der Waals surface area contributed by atoms with Crippen LogP contribution in [0.5, 0.6) is 0 Å². The van der Waals surface area contributed by atoms with E-state index in [-0.39, 0.29) is 41.8 Å². The SMILES string of the molecule is CN(C(=O)c1cc2c(F)ccc(-c3ccc(N4CCN(CCc5c(F)ccc6c5n(C)c(=O)n6C5CCC(=O)NC5=O)CC4)cc3)c2o1)C1CC1. The van der Waals surface area contributed by atoms with E-state index in [0.717, 1.165) is 50.3 Å². The topological polar surface area (TPSA) is 113 Å². The van der Waals surface area contributed by atoms with E-state index >= 15 is 4.39 Å². The number of nitrogens with one attached hydrogen (secondary N) is 1. The van der Waals surface area contributed by atoms with Crippen LogP contribution in [-0.4, -0.2) is 82.5 Å². The van der Waals surface area contributed by atoms with E-state index in [2.05, 4.69) is 15.1 Å². The third-order valence-electron chi connectivity index (χ3n) is 10.7. The Hall–Kier alpha value is -5.30. The minimum absolute atomic E-state index is 0.133. The molecule has 51 heavy (non-hydrogen) atoms. The number of aryl methyl sites for hydroxylation is 1. The number of benzene rings is 3. The number of anilines is 1. The first kappa shape index (κ1) is 32.9. The number of aromatic nitrogens is 2. The Morgan fingerprint density at radius 3 is 2.37 bits per heavy atom. The fourth-order valence-corrected chi connectivity index (χ4v) is 7.57. The van der Waals surface area contributed by atoms with Crippen LogP contribution in [0.15, 0.2) is 63.8 Å². The van der Waals surface area contributed by atoms with Gasteiger partial charge in [0, 0.05) is 82.2 Å². The molecule has 8 rings (SSSR count). The van der Waals surface area contributed by atoms with E-state index in [0.29, 0.717) is 40.7 Å². The summed E-state index contributed by atoms with van der Waals surface area (Å²) in [7, 11) is 3.33. The van der Waals surface area contributed by atoms with Gasteiger partial charge in [0.05, 0.1) is 16.4 Å². The van der Waals surface area contributed by atoms with Gasteiger partial charge in [0.25, 0.3) is 5.91 Å². The van der Waals surface area contributed by atoms with Crippen LogP contribution in [0.3, 0.4) is 0 Å². The summed E-state index contributed by atoms with van der Waals surface area (Å²) in [6, 6.07) is 14.8. The van der Waals surface area contributed by atoms with Crippen LogP contribution < -0.4 is 15.9 Å². The highest BCUT2D eigenvalue weighted by molar-refractivity contribution is 6.01. The number of rotatable bonds is 8. The fourth-order valence-electron chi connectivity index (χ4n) is 7.57. The molecule has 3 amide bonds. The maximum atomic E-state index is 15.3. The third-order valence-corrected chi connectivity index (χ3v) is 10.7. The lowest BCUT2D eigenvalue weighted by molar-refractivity contribution is -0.135. The average Bonchev–Trinajstić information content (AvgIpc) is 3.83. The van der Waals surface area contributed by atoms with E-state index in [9.17, 15) is 23.6 Å². The number of imide groups is 1. The number of hydrogen-bond acceptors (Lipinski definition) is 7. The number of furan rings is 1. The maximum absolute atomic E-state index is 15.3. The predicted molar refractivity (Wildman–Crippen MR) is 188 cm³/mol. The van der Waals surface area contributed by atoms with E-state index in [1.165, 1.54) is 33.4 Å². The van der Waals surface area contributed by atoms with Gasteiger partial charge in [-0.1, -0.05) is 12.1 Å². The number of piperidine rings is 1. The number of carbonyl (C=O) groups excluding carboxylic acids is 3. The minimum Gasteiger partial charge on any atom is -0.450 e. The van der Waals surface area contributed by atoms with Crippen LogP contribution in [0.2, 0.25) is 0 Å². The Balaban J connectivity index is 0.939. The van der Waals surface area contributed by atoms with Gasteiger partial charge in [0.2, 0.25) is 11.8 Å². The molecule has 11 nitrogen and oxygen atoms in total. The van der Waals surface area contributed by atoms with E-state index in [1.54, 1.807) is 25.1 Å². The van der Waals surface area contributed by atoms with Crippen LogP contribution in [0.25, 0.3) is 33.1 Å². The molecule has 3 fully saturated rings. The van der Waals surface area contributed by atoms with Gasteiger partial charge in [-0.2, -0.15) is 0 Å². The predicted octanol–water partition coefficient (Wildman–Crippen LogP) is 4.61. The lowest BCUT2D eigenvalue weighted by atomic mass is 10.0. The summed E-state index contributed by atoms with van der Waals surface area (Å²) in [4.78, 5) is 56.7. The van der Waals surface area contributed by atoms with Crippen molar-refractivity contribution in [3.8, 4) is 11.1 Å². The Morgan fingerprint density at radius 2 is 1.67 bits per heavy atom. The Bertz CT molecular complexity index is 2260. The van der Waals surface area contributed by atoms with Gasteiger partial charge in [0.1, 0.15) is 23.3 Å². The standard InChI is InChI=1S/C38H38F2N6O5/c1-42(23-7-8-23)37(49)32-21-27-29(40)10-9-25(35(27)51-32)22-3-5-24(6-4-22)45-19-17-44(18-20-45)16-15-26-28(39)11-12-30-34(26)43(2)38(50)46(30)31-13-14-33(47)41-36(31)48/h3-6,9-12,21,23,31H,7-8,13-20H2,1-2H3,(H,41,47,48). The van der Waals surface area contributed by atoms with Gasteiger partial charge in [-0.15, -0.1) is 0 Å². The van der Waals surface area contributed by atoms with Crippen molar-refractivity contribution in [1.82, 2.24) is 24.3 Å². The highest BCUT2D eigenvalue weighted by Gasteiger charge is 2.33. The number of hydrogen-bond donors (Lipinski definition) is 1. The van der Waals surface area contributed by atoms with Gasteiger partial charge in [-0.3, -0.25) is 33.7 Å². The molecule has 1 aliphatic carbocycles. The van der Waals surface area contributed by atoms with Gasteiger partial charge in [-0.25, -0.2) is 13.6 Å². The van der Waals surface area contributed by atoms with Gasteiger partial charge < -0.3 is 14.2 Å². The van der Waals surface area contributed by atoms with E-state index in [1.807, 2.05) is 24.3 Å². The highest BCUT2D eigenvalue weighted by Crippen LogP contribution is 2.35. The van der Waals surface area contributed by atoms with Crippen molar-refractivity contribution in [2.24, 2.45) is 7.05 Å². The number of halogens is 2. The van der Waals surface area contributed by atoms with Gasteiger partial charge in [-0.05, 0) is 67.6 Å². The summed E-state index contributed by atoms with van der Waals surface area (Å²) in [6.45, 7) is 3.62. The van der Waals surface area contributed by atoms with Crippen molar-refractivity contribution >= 4 is 45.4 Å². The quantitative estimate of drug-likeness (QED) is 0.236. The molecule has 4 heterocycles. The zero-order valence-electron chi connectivity index (χ0n) is 28.5. The lowest BCUT2D eigenvalue weighted by Crippen LogP contribution is -2.47. The van der Waals surface area contributed by atoms with Crippen molar-refractivity contribution < 1.29 is 27.6 Å². The molecule has 1 unspecified atom stereocenters. The number of piperazine rings is 1. The normalized spacial score (nSPS) is 18.5. The molecule has 1 atom stereocenters. The molecule has 1 saturated carbocycles. The molecular formula is C38H38F2N6O5. The second-order valence-corrected chi connectivity index (χ2v) is 13.8. The van der Waals surface area contributed by atoms with Crippen molar-refractivity contribution in [2.75, 3.05) is 44.7 Å². The number of fused-ring (bicyclic) bond motifs is 2. The second kappa shape index (κ2) is 12.8. The monoisotopic (exact) mass is 696 g/mol. The molecule has 2 aromatic heterocycles. The molecule has 3 aliphatic rings. The summed E-state index contributed by atoms with van der Waals surface area (Å²) in [6.07, 6.45) is 2.66. The number of nitrogens with zero attached hydrogens (tertiary/aromatic N) is 5. The zero-order valence-corrected chi connectivity index (χ0v) is 28.5. The highest BCUT2D eigenvalue weighted by atomic mass is 19.1. The first-order valence-corrected chi connectivity index (χ1v) is 17.4. The number of amides is 3. The van der Waals surface area contributed by atoms with Crippen LogP contribution in [0, 0.1) is 11.6 Å². The molecule has 13 heteroatoms. The first-order chi connectivity index (χ1) is 24.6. The smallest absolute Gasteiger partial charge is 0.329 e. The largest absolute Gasteiger partial charge is 0.450 e. The summed E-state index contributed by atoms with van der Waals surface area (Å²) in [5.74, 6) is -1.84. The summed E-state index contributed by atoms with van der Waals surface area (Å²) >= 11 is 0. The Labute approximate surface area is 292 Å². The fraction of sp³-hybridized carbons (Fsp3) is 0.368. The van der Waals surface area contributed by atoms with Crippen LogP contribution in [-0.2, 0) is 23.1 Å². The molecule has 3 aromatic carbocycles. The molecule has 0 spiro atoms. The molecule has 1 N–H and O–H groups in total. The summed E-state index contributed by atoms with van der Waals surface area (Å²) < 4.78 is 38.8. The Morgan fingerprint density at radius 1 is 0.941 bits per heavy atom. The molecule has 0 bridgehead atoms. The van der Waals surface area contributed by atoms with Gasteiger partial charge in [0.15, 0.2) is 5.76 Å². The number of carbonyl (C=O) groups is 3. The average molecular weight is 697 g/mol. The van der Waals surface area contributed by atoms with Gasteiger partial charge >= 0.3 is 5.69 Å². The van der Waals surface area contributed by atoms with E-state index in [4.69, 9.17) is 4.42 Å². The van der Waals surface area contributed by atoms with Crippen LogP contribution in [0.4, 0.5) is 14.5 Å².